The molecule has 0 saturated heterocycles. The molecule has 2 unspecified atom stereocenters. The van der Waals surface area contributed by atoms with Crippen LogP contribution in [0.1, 0.15) is 74.8 Å². The molecule has 2 aliphatic carbocycles. The number of hydrogen-bond acceptors (Lipinski definition) is 2. The second kappa shape index (κ2) is 17.8. The van der Waals surface area contributed by atoms with E-state index in [1.807, 2.05) is 0 Å². The van der Waals surface area contributed by atoms with Gasteiger partial charge in [-0.2, -0.15) is 0 Å². The minimum absolute atomic E-state index is 0. The van der Waals surface area contributed by atoms with Gasteiger partial charge < -0.3 is 0 Å². The molecule has 0 saturated carbocycles. The third-order valence-electron chi connectivity index (χ3n) is 15.0. The molecule has 2 aliphatic rings. The normalized spacial score (nSPS) is 15.0. The Kier molecular flexibility index (Phi) is 12.1. The first-order valence-electron chi connectivity index (χ1n) is 23.4. The van der Waals surface area contributed by atoms with Crippen molar-refractivity contribution in [2.24, 2.45) is 0 Å². The molecule has 68 heavy (non-hydrogen) atoms. The van der Waals surface area contributed by atoms with Gasteiger partial charge in [0.25, 0.3) is 0 Å². The van der Waals surface area contributed by atoms with Crippen molar-refractivity contribution in [3.05, 3.63) is 213 Å². The Morgan fingerprint density at radius 1 is 0.426 bits per heavy atom. The summed E-state index contributed by atoms with van der Waals surface area (Å²) < 4.78 is 14.0. The summed E-state index contributed by atoms with van der Waals surface area (Å²) in [5.41, 5.74) is 18.3. The molecule has 0 bridgehead atoms. The zero-order chi connectivity index (χ0) is 45.1. The Hall–Kier alpha value is -5.48. The van der Waals surface area contributed by atoms with Crippen LogP contribution in [0.5, 0.6) is 0 Å². The summed E-state index contributed by atoms with van der Waals surface area (Å²) in [5, 5.41) is 10.3. The van der Waals surface area contributed by atoms with Gasteiger partial charge in [-0.1, -0.05) is 0 Å². The van der Waals surface area contributed by atoms with Gasteiger partial charge in [0.1, 0.15) is 0 Å². The molecule has 2 heterocycles. The van der Waals surface area contributed by atoms with E-state index in [9.17, 15) is 0 Å². The monoisotopic (exact) mass is 1020 g/mol. The van der Waals surface area contributed by atoms with Crippen molar-refractivity contribution >= 4 is 96.6 Å². The van der Waals surface area contributed by atoms with Gasteiger partial charge in [0, 0.05) is 0 Å². The van der Waals surface area contributed by atoms with Crippen LogP contribution in [-0.4, -0.2) is 5.43 Å². The predicted octanol–water partition coefficient (Wildman–Crippen LogP) is 18.3. The fraction of sp³-hybridized carbons (Fsp3) is 0.161. The minimum atomic E-state index is -2.82. The van der Waals surface area contributed by atoms with Crippen molar-refractivity contribution in [1.82, 2.24) is 0 Å². The van der Waals surface area contributed by atoms with Gasteiger partial charge in [0.15, 0.2) is 0 Å². The van der Waals surface area contributed by atoms with E-state index >= 15 is 0 Å². The number of allylic oxidation sites excluding steroid dienone is 2. The fourth-order valence-electron chi connectivity index (χ4n) is 11.6. The maximum absolute atomic E-state index is 6.73. The number of hydrogen-bond donors (Lipinski definition) is 0. The van der Waals surface area contributed by atoms with Crippen molar-refractivity contribution in [3.63, 3.8) is 0 Å². The quantitative estimate of drug-likeness (QED) is 0.123. The number of rotatable bonds is 6. The van der Waals surface area contributed by atoms with Crippen LogP contribution in [-0.2, 0) is 20.4 Å². The van der Waals surface area contributed by atoms with E-state index in [1.165, 1.54) is 121 Å². The Morgan fingerprint density at radius 2 is 0.824 bits per heavy atom. The van der Waals surface area contributed by atoms with Gasteiger partial charge in [0.05, 0.1) is 0 Å². The van der Waals surface area contributed by atoms with E-state index in [1.54, 1.807) is 0 Å². The molecular weight excluding hydrogens is 967 g/mol. The summed E-state index contributed by atoms with van der Waals surface area (Å²) >= 11 is -2.82. The average molecular weight is 1020 g/mol. The smallest absolute Gasteiger partial charge is 0.147 e. The second-order valence-corrected chi connectivity index (χ2v) is 37.0. The number of furan rings is 2. The summed E-state index contributed by atoms with van der Waals surface area (Å²) in [6.07, 6.45) is 5.10. The molecule has 10 aromatic rings. The SMILES string of the molecule is Cc1ccc(C2=Cc3c(cc(C)c(C)c3-c3ccc4c(ccc5ccccc54)c3)[CH]2[Zr]([CH]2C(c3ccc(C)o3)=Cc3c2cc(C)c(C)c3-c2ccc3c(ccc4ccccc43)c2)=[Si](C)C)o1.Cl.Cl. The maximum Gasteiger partial charge on any atom is -0.147 e. The van der Waals surface area contributed by atoms with Crippen molar-refractivity contribution in [2.75, 3.05) is 0 Å². The zero-order valence-corrected chi connectivity index (χ0v) is 44.9. The van der Waals surface area contributed by atoms with E-state index in [-0.39, 0.29) is 32.1 Å². The van der Waals surface area contributed by atoms with Gasteiger partial charge in [0.2, 0.25) is 0 Å². The summed E-state index contributed by atoms with van der Waals surface area (Å²) in [4.78, 5) is 0. The maximum atomic E-state index is 6.73. The van der Waals surface area contributed by atoms with E-state index in [0.717, 1.165) is 23.0 Å². The minimum Gasteiger partial charge on any atom is -0.147 e. The number of aryl methyl sites for hydroxylation is 4. The Morgan fingerprint density at radius 3 is 1.22 bits per heavy atom. The van der Waals surface area contributed by atoms with E-state index in [0.29, 0.717) is 0 Å². The molecule has 0 N–H and O–H groups in total. The van der Waals surface area contributed by atoms with Crippen LogP contribution in [0.2, 0.25) is 13.1 Å². The van der Waals surface area contributed by atoms with Gasteiger partial charge in [-0.05, 0) is 0 Å². The first-order chi connectivity index (χ1) is 32.0. The van der Waals surface area contributed by atoms with Crippen molar-refractivity contribution < 1.29 is 29.2 Å². The molecule has 0 fully saturated rings. The van der Waals surface area contributed by atoms with Gasteiger partial charge >= 0.3 is 398 Å². The van der Waals surface area contributed by atoms with Crippen LogP contribution in [0.15, 0.2) is 154 Å². The zero-order valence-electron chi connectivity index (χ0n) is 39.8. The van der Waals surface area contributed by atoms with Crippen molar-refractivity contribution in [3.8, 4) is 22.3 Å². The largest absolute Gasteiger partial charge is 0.147 e. The van der Waals surface area contributed by atoms with Crippen LogP contribution in [0.4, 0.5) is 0 Å². The number of benzene rings is 8. The molecule has 0 aliphatic heterocycles. The van der Waals surface area contributed by atoms with E-state index < -0.39 is 25.8 Å². The molecule has 12 rings (SSSR count). The first-order valence-corrected chi connectivity index (χ1v) is 32.4. The molecule has 0 amide bonds. The summed E-state index contributed by atoms with van der Waals surface area (Å²) in [6.45, 7) is 18.7. The number of fused-ring (bicyclic) bond motifs is 8. The molecular formula is C62H54Cl2O2SiZr. The second-order valence-electron chi connectivity index (χ2n) is 19.2. The fourth-order valence-corrected chi connectivity index (χ4v) is 31.4. The molecule has 2 atom stereocenters. The Bertz CT molecular complexity index is 3580. The Balaban J connectivity index is 0.00000269. The van der Waals surface area contributed by atoms with Crippen LogP contribution in [0.3, 0.4) is 0 Å². The van der Waals surface area contributed by atoms with E-state index in [2.05, 4.69) is 212 Å². The molecule has 8 aromatic carbocycles. The molecule has 336 valence electrons. The van der Waals surface area contributed by atoms with Crippen LogP contribution < -0.4 is 0 Å². The molecule has 6 heteroatoms. The van der Waals surface area contributed by atoms with Crippen LogP contribution in [0.25, 0.3) is 88.6 Å². The summed E-state index contributed by atoms with van der Waals surface area (Å²) in [7, 11) is 0. The third-order valence-corrected chi connectivity index (χ3v) is 34.2. The first kappa shape index (κ1) is 46.3. The van der Waals surface area contributed by atoms with Crippen molar-refractivity contribution in [2.45, 2.75) is 61.9 Å². The molecule has 0 radical (unpaired) electrons. The van der Waals surface area contributed by atoms with Gasteiger partial charge in [-0.15, -0.1) is 24.8 Å². The Labute approximate surface area is 419 Å². The molecule has 0 spiro atoms. The molecule has 2 aromatic heterocycles. The van der Waals surface area contributed by atoms with Crippen LogP contribution in [0, 0.1) is 41.5 Å². The van der Waals surface area contributed by atoms with E-state index in [4.69, 9.17) is 8.83 Å². The van der Waals surface area contributed by atoms with Gasteiger partial charge in [-0.25, -0.2) is 0 Å². The standard InChI is InChI=1S/2C30H23O.C2H6Si.2ClH.Zr/c2*1-18-14-24-16-25(29-13-8-19(2)31-29)17-28(24)30(20(18)3)23-11-12-27-22(15-23)10-9-21-6-4-5-7-26(21)27;1-3-2;;;/h2*4-17H,1-3H3;1-2H3;2*1H;. The average Bonchev–Trinajstić information content (AvgIpc) is 4.13. The number of halogens is 2. The van der Waals surface area contributed by atoms with Crippen LogP contribution >= 0.6 is 24.8 Å². The van der Waals surface area contributed by atoms with Crippen molar-refractivity contribution in [1.29, 1.82) is 0 Å². The summed E-state index contributed by atoms with van der Waals surface area (Å²) in [5.74, 6) is 3.94. The summed E-state index contributed by atoms with van der Waals surface area (Å²) in [6, 6.07) is 54.9. The topological polar surface area (TPSA) is 26.3 Å². The third kappa shape index (κ3) is 7.37. The molecule has 2 nitrogen and oxygen atoms in total. The predicted molar refractivity (Wildman–Crippen MR) is 293 cm³/mol. The van der Waals surface area contributed by atoms with Gasteiger partial charge in [-0.3, -0.25) is 0 Å².